The molecule has 0 bridgehead atoms. The van der Waals surface area contributed by atoms with Crippen molar-refractivity contribution in [2.45, 2.75) is 59.1 Å². The summed E-state index contributed by atoms with van der Waals surface area (Å²) in [6, 6.07) is 7.98. The molecule has 136 valence electrons. The van der Waals surface area contributed by atoms with Crippen LogP contribution in [0.1, 0.15) is 52.3 Å². The molecule has 0 saturated heterocycles. The van der Waals surface area contributed by atoms with E-state index in [2.05, 4.69) is 5.32 Å². The van der Waals surface area contributed by atoms with Crippen molar-refractivity contribution >= 4 is 16.9 Å². The molecule has 2 aromatic rings. The van der Waals surface area contributed by atoms with Crippen molar-refractivity contribution in [2.24, 2.45) is 11.3 Å². The Bertz CT molecular complexity index is 759. The van der Waals surface area contributed by atoms with E-state index in [9.17, 15) is 9.90 Å². The number of aliphatic hydroxyl groups is 1. The molecule has 1 heterocycles. The van der Waals surface area contributed by atoms with Crippen molar-refractivity contribution in [3.63, 3.8) is 0 Å². The number of aromatic nitrogens is 2. The first kappa shape index (κ1) is 17.9. The zero-order valence-corrected chi connectivity index (χ0v) is 15.6. The third kappa shape index (κ3) is 3.87. The van der Waals surface area contributed by atoms with Crippen LogP contribution in [-0.2, 0) is 11.3 Å². The number of aliphatic hydroxyl groups excluding tert-OH is 1. The summed E-state index contributed by atoms with van der Waals surface area (Å²) in [5.74, 6) is 1.64. The number of carbonyl (C=O) groups excluding carboxylic acids is 1. The van der Waals surface area contributed by atoms with E-state index in [0.717, 1.165) is 29.7 Å². The van der Waals surface area contributed by atoms with Crippen molar-refractivity contribution in [1.82, 2.24) is 14.9 Å². The number of carbonyl (C=O) groups is 1. The topological polar surface area (TPSA) is 67.2 Å². The van der Waals surface area contributed by atoms with Crippen LogP contribution in [0.15, 0.2) is 24.3 Å². The van der Waals surface area contributed by atoms with Crippen molar-refractivity contribution in [3.05, 3.63) is 30.1 Å². The lowest BCUT2D eigenvalue weighted by Crippen LogP contribution is -2.44. The van der Waals surface area contributed by atoms with Gasteiger partial charge in [0, 0.05) is 17.9 Å². The van der Waals surface area contributed by atoms with Gasteiger partial charge in [0.2, 0.25) is 5.91 Å². The van der Waals surface area contributed by atoms with Crippen LogP contribution in [0, 0.1) is 11.3 Å². The van der Waals surface area contributed by atoms with Crippen LogP contribution in [0.3, 0.4) is 0 Å². The molecule has 0 aliphatic heterocycles. The standard InChI is InChI=1S/C20H29N3O2/c1-13(2)18(25)20(3,4)12-21-17(24)11-23-16-8-6-5-7-15(16)22-19(23)14-9-10-14/h5-8,13-14,18,25H,9-12H2,1-4H3,(H,21,24). The maximum atomic E-state index is 12.5. The van der Waals surface area contributed by atoms with Gasteiger partial charge >= 0.3 is 0 Å². The van der Waals surface area contributed by atoms with Crippen LogP contribution >= 0.6 is 0 Å². The van der Waals surface area contributed by atoms with Crippen LogP contribution in [-0.4, -0.2) is 33.2 Å². The van der Waals surface area contributed by atoms with Gasteiger partial charge in [0.05, 0.1) is 17.1 Å². The van der Waals surface area contributed by atoms with E-state index in [-0.39, 0.29) is 23.8 Å². The third-order valence-corrected chi connectivity index (χ3v) is 5.10. The van der Waals surface area contributed by atoms with Gasteiger partial charge in [-0.2, -0.15) is 0 Å². The number of hydrogen-bond donors (Lipinski definition) is 2. The van der Waals surface area contributed by atoms with E-state index in [1.807, 2.05) is 56.5 Å². The fraction of sp³-hybridized carbons (Fsp3) is 0.600. The number of para-hydroxylation sites is 2. The minimum atomic E-state index is -0.455. The van der Waals surface area contributed by atoms with Crippen LogP contribution in [0.2, 0.25) is 0 Å². The van der Waals surface area contributed by atoms with Crippen molar-refractivity contribution in [1.29, 1.82) is 0 Å². The Kier molecular flexibility index (Phi) is 4.87. The Morgan fingerprint density at radius 2 is 2.04 bits per heavy atom. The molecule has 1 atom stereocenters. The average Bonchev–Trinajstić information content (AvgIpc) is 3.35. The van der Waals surface area contributed by atoms with Gasteiger partial charge in [0.25, 0.3) is 0 Å². The van der Waals surface area contributed by atoms with Crippen molar-refractivity contribution in [3.8, 4) is 0 Å². The summed E-state index contributed by atoms with van der Waals surface area (Å²) < 4.78 is 2.05. The van der Waals surface area contributed by atoms with Gasteiger partial charge in [-0.3, -0.25) is 4.79 Å². The van der Waals surface area contributed by atoms with Crippen LogP contribution in [0.25, 0.3) is 11.0 Å². The fourth-order valence-corrected chi connectivity index (χ4v) is 3.45. The normalized spacial score (nSPS) is 16.4. The lowest BCUT2D eigenvalue weighted by molar-refractivity contribution is -0.122. The van der Waals surface area contributed by atoms with Crippen LogP contribution in [0.4, 0.5) is 0 Å². The highest BCUT2D eigenvalue weighted by molar-refractivity contribution is 5.81. The zero-order valence-electron chi connectivity index (χ0n) is 15.6. The Morgan fingerprint density at radius 3 is 2.68 bits per heavy atom. The minimum Gasteiger partial charge on any atom is -0.392 e. The number of nitrogens with zero attached hydrogens (tertiary/aromatic N) is 2. The molecule has 1 saturated carbocycles. The first-order valence-corrected chi connectivity index (χ1v) is 9.19. The smallest absolute Gasteiger partial charge is 0.240 e. The number of imidazole rings is 1. The summed E-state index contributed by atoms with van der Waals surface area (Å²) in [5.41, 5.74) is 1.61. The molecule has 1 aromatic heterocycles. The Morgan fingerprint density at radius 1 is 1.36 bits per heavy atom. The SMILES string of the molecule is CC(C)C(O)C(C)(C)CNC(=O)Cn1c(C2CC2)nc2ccccc21. The van der Waals surface area contributed by atoms with Crippen LogP contribution in [0.5, 0.6) is 0 Å². The van der Waals surface area contributed by atoms with Gasteiger partial charge in [-0.05, 0) is 30.9 Å². The zero-order chi connectivity index (χ0) is 18.2. The monoisotopic (exact) mass is 343 g/mol. The van der Waals surface area contributed by atoms with E-state index in [0.29, 0.717) is 12.5 Å². The predicted molar refractivity (Wildman–Crippen MR) is 99.3 cm³/mol. The number of benzene rings is 1. The molecule has 5 heteroatoms. The molecule has 1 aliphatic rings. The highest BCUT2D eigenvalue weighted by atomic mass is 16.3. The van der Waals surface area contributed by atoms with Gasteiger partial charge < -0.3 is 15.0 Å². The van der Waals surface area contributed by atoms with E-state index in [1.165, 1.54) is 0 Å². The summed E-state index contributed by atoms with van der Waals surface area (Å²) in [6.07, 6.45) is 1.85. The molecule has 5 nitrogen and oxygen atoms in total. The highest BCUT2D eigenvalue weighted by Gasteiger charge is 2.32. The van der Waals surface area contributed by atoms with Crippen molar-refractivity contribution in [2.75, 3.05) is 6.54 Å². The predicted octanol–water partition coefficient (Wildman–Crippen LogP) is 3.07. The summed E-state index contributed by atoms with van der Waals surface area (Å²) in [7, 11) is 0. The second-order valence-electron chi connectivity index (χ2n) is 8.27. The molecule has 0 spiro atoms. The second kappa shape index (κ2) is 6.79. The average molecular weight is 343 g/mol. The highest BCUT2D eigenvalue weighted by Crippen LogP contribution is 2.40. The maximum absolute atomic E-state index is 12.5. The number of hydrogen-bond acceptors (Lipinski definition) is 3. The van der Waals surface area contributed by atoms with Gasteiger partial charge in [0.1, 0.15) is 12.4 Å². The maximum Gasteiger partial charge on any atom is 0.240 e. The van der Waals surface area contributed by atoms with Gasteiger partial charge in [0.15, 0.2) is 0 Å². The minimum absolute atomic E-state index is 0.0333. The van der Waals surface area contributed by atoms with Gasteiger partial charge in [-0.15, -0.1) is 0 Å². The van der Waals surface area contributed by atoms with E-state index in [1.54, 1.807) is 0 Å². The Balaban J connectivity index is 1.71. The molecule has 1 unspecified atom stereocenters. The summed E-state index contributed by atoms with van der Waals surface area (Å²) in [4.78, 5) is 17.3. The molecule has 1 fully saturated rings. The Labute approximate surface area is 149 Å². The summed E-state index contributed by atoms with van der Waals surface area (Å²) in [5, 5.41) is 13.3. The molecule has 1 aromatic carbocycles. The first-order chi connectivity index (χ1) is 11.8. The van der Waals surface area contributed by atoms with E-state index < -0.39 is 6.10 Å². The lowest BCUT2D eigenvalue weighted by atomic mass is 9.81. The van der Waals surface area contributed by atoms with E-state index in [4.69, 9.17) is 4.98 Å². The lowest BCUT2D eigenvalue weighted by Gasteiger charge is -2.33. The first-order valence-electron chi connectivity index (χ1n) is 9.19. The number of rotatable bonds is 7. The van der Waals surface area contributed by atoms with Gasteiger partial charge in [-0.25, -0.2) is 4.98 Å². The van der Waals surface area contributed by atoms with E-state index >= 15 is 0 Å². The van der Waals surface area contributed by atoms with Crippen molar-refractivity contribution < 1.29 is 9.90 Å². The number of fused-ring (bicyclic) bond motifs is 1. The van der Waals surface area contributed by atoms with Gasteiger partial charge in [-0.1, -0.05) is 39.8 Å². The molecular formula is C20H29N3O2. The molecule has 3 rings (SSSR count). The molecule has 0 radical (unpaired) electrons. The largest absolute Gasteiger partial charge is 0.392 e. The Hall–Kier alpha value is -1.88. The molecular weight excluding hydrogens is 314 g/mol. The number of amides is 1. The molecule has 1 amide bonds. The fourth-order valence-electron chi connectivity index (χ4n) is 3.45. The molecule has 1 aliphatic carbocycles. The molecule has 25 heavy (non-hydrogen) atoms. The third-order valence-electron chi connectivity index (χ3n) is 5.10. The summed E-state index contributed by atoms with van der Waals surface area (Å²) in [6.45, 7) is 8.69. The summed E-state index contributed by atoms with van der Waals surface area (Å²) >= 11 is 0. The molecule has 2 N–H and O–H groups in total. The second-order valence-corrected chi connectivity index (χ2v) is 8.27. The van der Waals surface area contributed by atoms with Crippen LogP contribution < -0.4 is 5.32 Å². The quantitative estimate of drug-likeness (QED) is 0.812. The number of nitrogens with one attached hydrogen (secondary N) is 1.